The van der Waals surface area contributed by atoms with Gasteiger partial charge in [-0.2, -0.15) is 0 Å². The zero-order valence-corrected chi connectivity index (χ0v) is 8.64. The van der Waals surface area contributed by atoms with Gasteiger partial charge in [-0.05, 0) is 12.1 Å². The van der Waals surface area contributed by atoms with Gasteiger partial charge in [0.15, 0.2) is 0 Å². The highest BCUT2D eigenvalue weighted by Gasteiger charge is 2.16. The van der Waals surface area contributed by atoms with Crippen LogP contribution in [0.3, 0.4) is 0 Å². The number of aromatic nitrogens is 2. The third kappa shape index (κ3) is 1.45. The third-order valence-electron chi connectivity index (χ3n) is 2.32. The molecule has 0 aliphatic rings. The van der Waals surface area contributed by atoms with Crippen molar-refractivity contribution in [1.82, 2.24) is 9.97 Å². The number of hydrogen-bond acceptors (Lipinski definition) is 1. The number of pyridine rings is 1. The molecule has 3 nitrogen and oxygen atoms in total. The first-order valence-electron chi connectivity index (χ1n) is 4.69. The Labute approximate surface area is 82.2 Å². The lowest BCUT2D eigenvalue weighted by molar-refractivity contribution is 0.574. The molecule has 0 aliphatic heterocycles. The monoisotopic (exact) mass is 190 g/mol. The van der Waals surface area contributed by atoms with Crippen LogP contribution in [0.2, 0.25) is 0 Å². The second-order valence-electron chi connectivity index (χ2n) is 4.59. The molecule has 2 aromatic rings. The summed E-state index contributed by atoms with van der Waals surface area (Å²) in [5.74, 6) is 0. The Hall–Kier alpha value is -1.51. The van der Waals surface area contributed by atoms with E-state index in [1.807, 2.05) is 6.07 Å². The maximum absolute atomic E-state index is 11.1. The minimum Gasteiger partial charge on any atom is -0.344 e. The van der Waals surface area contributed by atoms with E-state index < -0.39 is 0 Å². The van der Waals surface area contributed by atoms with Crippen molar-refractivity contribution in [2.75, 3.05) is 0 Å². The van der Waals surface area contributed by atoms with Gasteiger partial charge in [0.25, 0.3) is 0 Å². The lowest BCUT2D eigenvalue weighted by atomic mass is 9.92. The zero-order chi connectivity index (χ0) is 10.3. The molecule has 0 saturated carbocycles. The molecule has 0 aliphatic carbocycles. The van der Waals surface area contributed by atoms with Crippen LogP contribution in [-0.2, 0) is 5.41 Å². The number of nitrogens with one attached hydrogen (secondary N) is 2. The first-order chi connectivity index (χ1) is 6.47. The van der Waals surface area contributed by atoms with Crippen LogP contribution in [0.25, 0.3) is 11.0 Å². The van der Waals surface area contributed by atoms with Gasteiger partial charge in [0.2, 0.25) is 5.56 Å². The molecule has 0 amide bonds. The molecule has 3 heteroatoms. The van der Waals surface area contributed by atoms with Gasteiger partial charge in [0.05, 0.1) is 0 Å². The number of fused-ring (bicyclic) bond motifs is 1. The van der Waals surface area contributed by atoms with Gasteiger partial charge in [-0.3, -0.25) is 4.79 Å². The largest absolute Gasteiger partial charge is 0.344 e. The summed E-state index contributed by atoms with van der Waals surface area (Å²) in [4.78, 5) is 17.1. The van der Waals surface area contributed by atoms with E-state index in [0.29, 0.717) is 0 Å². The highest BCUT2D eigenvalue weighted by Crippen LogP contribution is 2.23. The zero-order valence-electron chi connectivity index (χ0n) is 8.64. The van der Waals surface area contributed by atoms with Crippen molar-refractivity contribution in [3.05, 3.63) is 34.2 Å². The highest BCUT2D eigenvalue weighted by molar-refractivity contribution is 5.76. The summed E-state index contributed by atoms with van der Waals surface area (Å²) in [7, 11) is 0. The van der Waals surface area contributed by atoms with Crippen LogP contribution in [0.4, 0.5) is 0 Å². The average Bonchev–Trinajstić information content (AvgIpc) is 2.45. The lowest BCUT2D eigenvalue weighted by Gasteiger charge is -2.15. The summed E-state index contributed by atoms with van der Waals surface area (Å²) in [6.07, 6.45) is 0. The molecule has 2 aromatic heterocycles. The van der Waals surface area contributed by atoms with Crippen molar-refractivity contribution >= 4 is 11.0 Å². The number of rotatable bonds is 0. The van der Waals surface area contributed by atoms with Crippen LogP contribution in [0.1, 0.15) is 26.5 Å². The molecule has 74 valence electrons. The van der Waals surface area contributed by atoms with Crippen LogP contribution >= 0.6 is 0 Å². The van der Waals surface area contributed by atoms with E-state index in [2.05, 4.69) is 36.8 Å². The van der Waals surface area contributed by atoms with E-state index in [1.54, 1.807) is 6.07 Å². The molecule has 0 aromatic carbocycles. The number of H-pyrrole nitrogens is 2. The van der Waals surface area contributed by atoms with Gasteiger partial charge < -0.3 is 9.97 Å². The summed E-state index contributed by atoms with van der Waals surface area (Å²) in [5.41, 5.74) is 1.95. The van der Waals surface area contributed by atoms with Crippen molar-refractivity contribution in [2.24, 2.45) is 0 Å². The molecule has 0 atom stereocenters. The first-order valence-corrected chi connectivity index (χ1v) is 4.69. The minimum absolute atomic E-state index is 0.0696. The number of aromatic amines is 2. The molecular weight excluding hydrogens is 176 g/mol. The Kier molecular flexibility index (Phi) is 1.77. The van der Waals surface area contributed by atoms with E-state index >= 15 is 0 Å². The fourth-order valence-corrected chi connectivity index (χ4v) is 1.44. The normalized spacial score (nSPS) is 12.2. The predicted octanol–water partition coefficient (Wildman–Crippen LogP) is 2.15. The van der Waals surface area contributed by atoms with Gasteiger partial charge in [-0.25, -0.2) is 0 Å². The van der Waals surface area contributed by atoms with Crippen LogP contribution in [0, 0.1) is 0 Å². The first kappa shape index (κ1) is 9.06. The summed E-state index contributed by atoms with van der Waals surface area (Å²) < 4.78 is 0. The van der Waals surface area contributed by atoms with Crippen LogP contribution in [-0.4, -0.2) is 9.97 Å². The van der Waals surface area contributed by atoms with Crippen molar-refractivity contribution in [1.29, 1.82) is 0 Å². The Balaban J connectivity index is 2.69. The van der Waals surface area contributed by atoms with Gasteiger partial charge in [-0.1, -0.05) is 20.8 Å². The summed E-state index contributed by atoms with van der Waals surface area (Å²) in [5, 5.41) is 1.05. The van der Waals surface area contributed by atoms with Gasteiger partial charge in [-0.15, -0.1) is 0 Å². The Morgan fingerprint density at radius 1 is 1.14 bits per heavy atom. The van der Waals surface area contributed by atoms with Crippen molar-refractivity contribution < 1.29 is 0 Å². The maximum Gasteiger partial charge on any atom is 0.249 e. The van der Waals surface area contributed by atoms with Crippen molar-refractivity contribution in [3.63, 3.8) is 0 Å². The standard InChI is InChI=1S/C11H14N2O/c1-11(2,3)8-6-7-4-5-9(14)13-10(7)12-8/h4-6H,1-3H3,(H2,12,13,14). The van der Waals surface area contributed by atoms with Crippen molar-refractivity contribution in [3.8, 4) is 0 Å². The maximum atomic E-state index is 11.1. The molecule has 14 heavy (non-hydrogen) atoms. The van der Waals surface area contributed by atoms with E-state index in [4.69, 9.17) is 0 Å². The fourth-order valence-electron chi connectivity index (χ4n) is 1.44. The molecule has 2 heterocycles. The van der Waals surface area contributed by atoms with E-state index in [1.165, 1.54) is 0 Å². The molecule has 0 saturated heterocycles. The molecule has 0 fully saturated rings. The van der Waals surface area contributed by atoms with Crippen LogP contribution in [0.5, 0.6) is 0 Å². The molecule has 2 rings (SSSR count). The average molecular weight is 190 g/mol. The SMILES string of the molecule is CC(C)(C)c1cc2ccc(=O)[nH]c2[nH]1. The molecule has 2 N–H and O–H groups in total. The Bertz CT molecular complexity index is 514. The third-order valence-corrected chi connectivity index (χ3v) is 2.32. The molecule has 0 radical (unpaired) electrons. The Morgan fingerprint density at radius 2 is 1.86 bits per heavy atom. The molecule has 0 spiro atoms. The van der Waals surface area contributed by atoms with E-state index in [9.17, 15) is 4.79 Å². The second-order valence-corrected chi connectivity index (χ2v) is 4.59. The van der Waals surface area contributed by atoms with Gasteiger partial charge in [0, 0.05) is 22.6 Å². The van der Waals surface area contributed by atoms with E-state index in [0.717, 1.165) is 16.7 Å². The molecule has 0 unspecified atom stereocenters. The van der Waals surface area contributed by atoms with Gasteiger partial charge in [0.1, 0.15) is 5.65 Å². The smallest absolute Gasteiger partial charge is 0.249 e. The topological polar surface area (TPSA) is 48.6 Å². The lowest BCUT2D eigenvalue weighted by Crippen LogP contribution is -2.11. The summed E-state index contributed by atoms with van der Waals surface area (Å²) in [6.45, 7) is 6.40. The quantitative estimate of drug-likeness (QED) is 0.657. The van der Waals surface area contributed by atoms with Gasteiger partial charge >= 0.3 is 0 Å². The molecular formula is C11H14N2O. The van der Waals surface area contributed by atoms with Crippen molar-refractivity contribution in [2.45, 2.75) is 26.2 Å². The minimum atomic E-state index is -0.0696. The summed E-state index contributed by atoms with van der Waals surface area (Å²) in [6, 6.07) is 5.45. The predicted molar refractivity (Wildman–Crippen MR) is 57.6 cm³/mol. The van der Waals surface area contributed by atoms with Crippen LogP contribution < -0.4 is 5.56 Å². The number of hydrogen-bond donors (Lipinski definition) is 2. The van der Waals surface area contributed by atoms with E-state index in [-0.39, 0.29) is 11.0 Å². The van der Waals surface area contributed by atoms with Crippen LogP contribution in [0.15, 0.2) is 23.0 Å². The second kappa shape index (κ2) is 2.74. The molecule has 0 bridgehead atoms. The Morgan fingerprint density at radius 3 is 2.50 bits per heavy atom. The fraction of sp³-hybridized carbons (Fsp3) is 0.364. The summed E-state index contributed by atoms with van der Waals surface area (Å²) >= 11 is 0. The highest BCUT2D eigenvalue weighted by atomic mass is 16.1.